The minimum atomic E-state index is -4.35. The number of halogens is 3. The Morgan fingerprint density at radius 3 is 2.30 bits per heavy atom. The standard InChI is InChI=1S/C12H15F3N2O2S/c1-7-2-8(5-16)6-17(7)20(18,19)12-10(14)3-9(13)4-11(12)15/h3-4,7-8H,2,5-6,16H2,1H3. The van der Waals surface area contributed by atoms with Crippen LogP contribution in [0.3, 0.4) is 0 Å². The highest BCUT2D eigenvalue weighted by Crippen LogP contribution is 2.31. The molecule has 20 heavy (non-hydrogen) atoms. The lowest BCUT2D eigenvalue weighted by molar-refractivity contribution is 0.395. The van der Waals surface area contributed by atoms with Crippen LogP contribution in [0.5, 0.6) is 0 Å². The van der Waals surface area contributed by atoms with Crippen LogP contribution in [-0.2, 0) is 10.0 Å². The zero-order valence-corrected chi connectivity index (χ0v) is 11.6. The summed E-state index contributed by atoms with van der Waals surface area (Å²) in [6, 6.07) is 0.311. The van der Waals surface area contributed by atoms with Crippen molar-refractivity contribution in [2.24, 2.45) is 11.7 Å². The molecule has 0 spiro atoms. The van der Waals surface area contributed by atoms with Gasteiger partial charge in [-0.1, -0.05) is 0 Å². The Morgan fingerprint density at radius 2 is 1.85 bits per heavy atom. The Labute approximate surface area is 115 Å². The molecular formula is C12H15F3N2O2S. The molecule has 1 heterocycles. The quantitative estimate of drug-likeness (QED) is 0.919. The number of rotatable bonds is 3. The molecule has 1 aromatic rings. The van der Waals surface area contributed by atoms with Crippen LogP contribution in [-0.4, -0.2) is 31.9 Å². The van der Waals surface area contributed by atoms with E-state index in [9.17, 15) is 21.6 Å². The van der Waals surface area contributed by atoms with Crippen LogP contribution < -0.4 is 5.73 Å². The number of benzene rings is 1. The SMILES string of the molecule is CC1CC(CN)CN1S(=O)(=O)c1c(F)cc(F)cc1F. The zero-order valence-electron chi connectivity index (χ0n) is 10.8. The van der Waals surface area contributed by atoms with E-state index in [1.54, 1.807) is 6.92 Å². The molecule has 0 aromatic heterocycles. The predicted molar refractivity (Wildman–Crippen MR) is 66.8 cm³/mol. The summed E-state index contributed by atoms with van der Waals surface area (Å²) in [5, 5.41) is 0. The van der Waals surface area contributed by atoms with Gasteiger partial charge in [-0.2, -0.15) is 4.31 Å². The minimum absolute atomic E-state index is 0.0497. The van der Waals surface area contributed by atoms with Crippen LogP contribution >= 0.6 is 0 Å². The normalized spacial score (nSPS) is 24.2. The number of nitrogens with zero attached hydrogens (tertiary/aromatic N) is 1. The highest BCUT2D eigenvalue weighted by atomic mass is 32.2. The molecule has 0 saturated carbocycles. The average Bonchev–Trinajstić information content (AvgIpc) is 2.69. The van der Waals surface area contributed by atoms with Gasteiger partial charge in [0.2, 0.25) is 10.0 Å². The van der Waals surface area contributed by atoms with E-state index in [0.717, 1.165) is 4.31 Å². The molecule has 1 fully saturated rings. The second-order valence-electron chi connectivity index (χ2n) is 4.96. The number of hydrogen-bond acceptors (Lipinski definition) is 3. The van der Waals surface area contributed by atoms with Crippen molar-refractivity contribution in [2.45, 2.75) is 24.3 Å². The number of hydrogen-bond donors (Lipinski definition) is 1. The van der Waals surface area contributed by atoms with E-state index in [1.165, 1.54) is 0 Å². The average molecular weight is 308 g/mol. The second-order valence-corrected chi connectivity index (χ2v) is 6.79. The third-order valence-electron chi connectivity index (χ3n) is 3.47. The Kier molecular flexibility index (Phi) is 4.08. The molecule has 1 saturated heterocycles. The summed E-state index contributed by atoms with van der Waals surface area (Å²) in [6.07, 6.45) is 0.528. The van der Waals surface area contributed by atoms with Crippen molar-refractivity contribution in [3.63, 3.8) is 0 Å². The Balaban J connectivity index is 2.46. The highest BCUT2D eigenvalue weighted by molar-refractivity contribution is 7.89. The number of nitrogens with two attached hydrogens (primary N) is 1. The van der Waals surface area contributed by atoms with Crippen LogP contribution in [0.1, 0.15) is 13.3 Å². The largest absolute Gasteiger partial charge is 0.330 e. The van der Waals surface area contributed by atoms with Gasteiger partial charge in [0, 0.05) is 24.7 Å². The maximum Gasteiger partial charge on any atom is 0.249 e. The van der Waals surface area contributed by atoms with E-state index in [1.807, 2.05) is 0 Å². The van der Waals surface area contributed by atoms with Gasteiger partial charge in [-0.25, -0.2) is 21.6 Å². The Bertz CT molecular complexity index is 598. The molecule has 0 aliphatic carbocycles. The van der Waals surface area contributed by atoms with Crippen LogP contribution in [0.25, 0.3) is 0 Å². The first-order valence-corrected chi connectivity index (χ1v) is 7.57. The van der Waals surface area contributed by atoms with Crippen molar-refractivity contribution in [2.75, 3.05) is 13.1 Å². The van der Waals surface area contributed by atoms with Crippen molar-refractivity contribution in [3.05, 3.63) is 29.6 Å². The lowest BCUT2D eigenvalue weighted by Crippen LogP contribution is -2.35. The molecule has 2 rings (SSSR count). The molecular weight excluding hydrogens is 293 g/mol. The first-order chi connectivity index (χ1) is 9.27. The minimum Gasteiger partial charge on any atom is -0.330 e. The fourth-order valence-corrected chi connectivity index (χ4v) is 4.32. The van der Waals surface area contributed by atoms with E-state index in [-0.39, 0.29) is 12.5 Å². The van der Waals surface area contributed by atoms with Gasteiger partial charge in [0.25, 0.3) is 0 Å². The van der Waals surface area contributed by atoms with Gasteiger partial charge in [-0.15, -0.1) is 0 Å². The second kappa shape index (κ2) is 5.34. The third kappa shape index (κ3) is 2.55. The van der Waals surface area contributed by atoms with Gasteiger partial charge < -0.3 is 5.73 Å². The summed E-state index contributed by atoms with van der Waals surface area (Å²) in [7, 11) is -4.35. The lowest BCUT2D eigenvalue weighted by Gasteiger charge is -2.21. The summed E-state index contributed by atoms with van der Waals surface area (Å²) in [6.45, 7) is 2.05. The van der Waals surface area contributed by atoms with Crippen molar-refractivity contribution >= 4 is 10.0 Å². The number of sulfonamides is 1. The molecule has 2 atom stereocenters. The van der Waals surface area contributed by atoms with E-state index < -0.39 is 38.4 Å². The topological polar surface area (TPSA) is 63.4 Å². The van der Waals surface area contributed by atoms with Crippen molar-refractivity contribution in [1.82, 2.24) is 4.31 Å². The monoisotopic (exact) mass is 308 g/mol. The van der Waals surface area contributed by atoms with Gasteiger partial charge in [0.15, 0.2) is 4.90 Å². The summed E-state index contributed by atoms with van der Waals surface area (Å²) in [5.41, 5.74) is 5.50. The first kappa shape index (κ1) is 15.3. The Morgan fingerprint density at radius 1 is 1.30 bits per heavy atom. The van der Waals surface area contributed by atoms with Crippen molar-refractivity contribution < 1.29 is 21.6 Å². The summed E-state index contributed by atoms with van der Waals surface area (Å²) >= 11 is 0. The van der Waals surface area contributed by atoms with E-state index >= 15 is 0 Å². The molecule has 0 amide bonds. The molecule has 1 aliphatic rings. The van der Waals surface area contributed by atoms with Crippen molar-refractivity contribution in [1.29, 1.82) is 0 Å². The van der Waals surface area contributed by atoms with Crippen LogP contribution in [0.4, 0.5) is 13.2 Å². The van der Waals surface area contributed by atoms with Gasteiger partial charge in [-0.05, 0) is 25.8 Å². The maximum absolute atomic E-state index is 13.7. The molecule has 8 heteroatoms. The fourth-order valence-electron chi connectivity index (χ4n) is 2.51. The van der Waals surface area contributed by atoms with Gasteiger partial charge in [0.05, 0.1) is 0 Å². The van der Waals surface area contributed by atoms with E-state index in [0.29, 0.717) is 25.1 Å². The molecule has 1 aromatic carbocycles. The molecule has 2 unspecified atom stereocenters. The van der Waals surface area contributed by atoms with Gasteiger partial charge >= 0.3 is 0 Å². The zero-order chi connectivity index (χ0) is 15.1. The molecule has 0 bridgehead atoms. The lowest BCUT2D eigenvalue weighted by atomic mass is 10.1. The highest BCUT2D eigenvalue weighted by Gasteiger charge is 2.40. The third-order valence-corrected chi connectivity index (χ3v) is 5.50. The summed E-state index contributed by atoms with van der Waals surface area (Å²) < 4.78 is 65.9. The smallest absolute Gasteiger partial charge is 0.249 e. The maximum atomic E-state index is 13.7. The summed E-state index contributed by atoms with van der Waals surface area (Å²) in [5.74, 6) is -4.06. The van der Waals surface area contributed by atoms with E-state index in [4.69, 9.17) is 5.73 Å². The van der Waals surface area contributed by atoms with Crippen LogP contribution in [0.15, 0.2) is 17.0 Å². The van der Waals surface area contributed by atoms with Crippen LogP contribution in [0.2, 0.25) is 0 Å². The van der Waals surface area contributed by atoms with Gasteiger partial charge in [0.1, 0.15) is 17.5 Å². The summed E-state index contributed by atoms with van der Waals surface area (Å²) in [4.78, 5) is -1.11. The fraction of sp³-hybridized carbons (Fsp3) is 0.500. The van der Waals surface area contributed by atoms with Crippen molar-refractivity contribution in [3.8, 4) is 0 Å². The van der Waals surface area contributed by atoms with Gasteiger partial charge in [-0.3, -0.25) is 0 Å². The molecule has 0 radical (unpaired) electrons. The van der Waals surface area contributed by atoms with Crippen LogP contribution in [0, 0.1) is 23.4 Å². The Hall–Kier alpha value is -1.12. The molecule has 1 aliphatic heterocycles. The van der Waals surface area contributed by atoms with E-state index in [2.05, 4.69) is 0 Å². The predicted octanol–water partition coefficient (Wildman–Crippen LogP) is 1.46. The first-order valence-electron chi connectivity index (χ1n) is 6.13. The molecule has 4 nitrogen and oxygen atoms in total. The molecule has 112 valence electrons. The molecule has 2 N–H and O–H groups in total.